The highest BCUT2D eigenvalue weighted by Gasteiger charge is 2.09. The number of carbonyl (C=O) groups is 1. The van der Waals surface area contributed by atoms with Gasteiger partial charge < -0.3 is 15.5 Å². The molecular formula is C13H10FN3O2. The molecule has 1 heterocycles. The number of nitriles is 1. The summed E-state index contributed by atoms with van der Waals surface area (Å²) in [6.07, 6.45) is 0. The van der Waals surface area contributed by atoms with Crippen molar-refractivity contribution >= 4 is 11.6 Å². The molecule has 0 aliphatic heterocycles. The number of nitrogens with two attached hydrogens (primary N) is 1. The number of benzene rings is 1. The fourth-order valence-electron chi connectivity index (χ4n) is 1.55. The Bertz CT molecular complexity index is 658. The van der Waals surface area contributed by atoms with Gasteiger partial charge in [-0.25, -0.2) is 4.39 Å². The minimum atomic E-state index is -0.828. The van der Waals surface area contributed by atoms with Gasteiger partial charge in [0.1, 0.15) is 17.6 Å². The molecule has 3 N–H and O–H groups in total. The van der Waals surface area contributed by atoms with Gasteiger partial charge in [-0.1, -0.05) is 0 Å². The van der Waals surface area contributed by atoms with Gasteiger partial charge in [-0.3, -0.25) is 4.79 Å². The number of nitrogens with zero attached hydrogens (tertiary/aromatic N) is 1. The number of primary amides is 1. The van der Waals surface area contributed by atoms with Crippen LogP contribution in [0.3, 0.4) is 0 Å². The maximum absolute atomic E-state index is 13.2. The Morgan fingerprint density at radius 1 is 1.42 bits per heavy atom. The molecule has 0 spiro atoms. The van der Waals surface area contributed by atoms with Crippen molar-refractivity contribution in [1.29, 1.82) is 5.26 Å². The Labute approximate surface area is 108 Å². The van der Waals surface area contributed by atoms with Crippen molar-refractivity contribution < 1.29 is 13.6 Å². The standard InChI is InChI=1S/C13H10FN3O2/c14-12-4-1-8(5-11(12)13(16)18)17-7-10-3-2-9(6-15)19-10/h1-5,17H,7H2,(H2,16,18). The summed E-state index contributed by atoms with van der Waals surface area (Å²) < 4.78 is 18.4. The van der Waals surface area contributed by atoms with E-state index in [1.807, 2.05) is 6.07 Å². The summed E-state index contributed by atoms with van der Waals surface area (Å²) in [5.74, 6) is -0.719. The predicted molar refractivity (Wildman–Crippen MR) is 65.7 cm³/mol. The van der Waals surface area contributed by atoms with E-state index in [9.17, 15) is 9.18 Å². The summed E-state index contributed by atoms with van der Waals surface area (Å²) in [5.41, 5.74) is 5.40. The number of anilines is 1. The highest BCUT2D eigenvalue weighted by atomic mass is 19.1. The molecule has 0 fully saturated rings. The molecule has 1 aromatic carbocycles. The van der Waals surface area contributed by atoms with Crippen LogP contribution in [0.1, 0.15) is 21.9 Å². The molecule has 96 valence electrons. The van der Waals surface area contributed by atoms with Gasteiger partial charge >= 0.3 is 0 Å². The molecule has 1 aromatic heterocycles. The maximum Gasteiger partial charge on any atom is 0.251 e. The Morgan fingerprint density at radius 2 is 2.21 bits per heavy atom. The molecule has 0 aliphatic carbocycles. The van der Waals surface area contributed by atoms with Gasteiger partial charge in [0.25, 0.3) is 5.91 Å². The van der Waals surface area contributed by atoms with Gasteiger partial charge in [0.2, 0.25) is 5.76 Å². The zero-order valence-corrected chi connectivity index (χ0v) is 9.81. The third-order valence-corrected chi connectivity index (χ3v) is 2.47. The lowest BCUT2D eigenvalue weighted by Crippen LogP contribution is -2.13. The molecule has 2 aromatic rings. The van der Waals surface area contributed by atoms with E-state index in [1.54, 1.807) is 12.1 Å². The fraction of sp³-hybridized carbons (Fsp3) is 0.0769. The van der Waals surface area contributed by atoms with E-state index in [2.05, 4.69) is 5.32 Å². The molecule has 5 nitrogen and oxygen atoms in total. The van der Waals surface area contributed by atoms with Gasteiger partial charge in [0.15, 0.2) is 0 Å². The summed E-state index contributed by atoms with van der Waals surface area (Å²) in [6, 6.07) is 9.05. The summed E-state index contributed by atoms with van der Waals surface area (Å²) >= 11 is 0. The van der Waals surface area contributed by atoms with Crippen LogP contribution in [-0.2, 0) is 6.54 Å². The summed E-state index contributed by atoms with van der Waals surface area (Å²) in [7, 11) is 0. The number of halogens is 1. The molecule has 0 saturated carbocycles. The Morgan fingerprint density at radius 3 is 2.84 bits per heavy atom. The summed E-state index contributed by atoms with van der Waals surface area (Å²) in [6.45, 7) is 0.311. The van der Waals surface area contributed by atoms with Gasteiger partial charge in [0, 0.05) is 5.69 Å². The number of carbonyl (C=O) groups excluding carboxylic acids is 1. The van der Waals surface area contributed by atoms with Crippen molar-refractivity contribution in [1.82, 2.24) is 0 Å². The number of furan rings is 1. The van der Waals surface area contributed by atoms with Crippen molar-refractivity contribution in [2.24, 2.45) is 5.73 Å². The van der Waals surface area contributed by atoms with Crippen LogP contribution in [0.15, 0.2) is 34.7 Å². The molecule has 0 saturated heterocycles. The van der Waals surface area contributed by atoms with Crippen LogP contribution in [0.25, 0.3) is 0 Å². The summed E-state index contributed by atoms with van der Waals surface area (Å²) in [4.78, 5) is 11.0. The minimum absolute atomic E-state index is 0.179. The van der Waals surface area contributed by atoms with Crippen LogP contribution in [0, 0.1) is 17.1 Å². The summed E-state index contributed by atoms with van der Waals surface area (Å²) in [5, 5.41) is 11.6. The first-order chi connectivity index (χ1) is 9.10. The largest absolute Gasteiger partial charge is 0.449 e. The fourth-order valence-corrected chi connectivity index (χ4v) is 1.55. The van der Waals surface area contributed by atoms with E-state index in [0.29, 0.717) is 18.0 Å². The van der Waals surface area contributed by atoms with Crippen molar-refractivity contribution in [3.8, 4) is 6.07 Å². The molecule has 1 amide bonds. The van der Waals surface area contributed by atoms with Crippen LogP contribution in [0.4, 0.5) is 10.1 Å². The SMILES string of the molecule is N#Cc1ccc(CNc2ccc(F)c(C(N)=O)c2)o1. The van der Waals surface area contributed by atoms with Gasteiger partial charge in [-0.2, -0.15) is 5.26 Å². The molecule has 0 aliphatic rings. The van der Waals surface area contributed by atoms with Crippen molar-refractivity contribution in [3.05, 3.63) is 53.2 Å². The molecular weight excluding hydrogens is 249 g/mol. The lowest BCUT2D eigenvalue weighted by Gasteiger charge is -2.06. The van der Waals surface area contributed by atoms with E-state index in [0.717, 1.165) is 6.07 Å². The molecule has 0 atom stereocenters. The second-order valence-electron chi connectivity index (χ2n) is 3.79. The average Bonchev–Trinajstić information content (AvgIpc) is 2.85. The second-order valence-corrected chi connectivity index (χ2v) is 3.79. The van der Waals surface area contributed by atoms with Gasteiger partial charge in [0.05, 0.1) is 12.1 Å². The van der Waals surface area contributed by atoms with E-state index in [-0.39, 0.29) is 11.3 Å². The number of hydrogen-bond acceptors (Lipinski definition) is 4. The lowest BCUT2D eigenvalue weighted by atomic mass is 10.2. The Kier molecular flexibility index (Phi) is 3.48. The van der Waals surface area contributed by atoms with Gasteiger partial charge in [-0.15, -0.1) is 0 Å². The highest BCUT2D eigenvalue weighted by molar-refractivity contribution is 5.94. The van der Waals surface area contributed by atoms with Crippen LogP contribution >= 0.6 is 0 Å². The molecule has 6 heteroatoms. The van der Waals surface area contributed by atoms with E-state index < -0.39 is 11.7 Å². The van der Waals surface area contributed by atoms with Crippen molar-refractivity contribution in [2.45, 2.75) is 6.54 Å². The average molecular weight is 259 g/mol. The van der Waals surface area contributed by atoms with Gasteiger partial charge in [-0.05, 0) is 30.3 Å². The Balaban J connectivity index is 2.09. The third kappa shape index (κ3) is 2.90. The molecule has 0 unspecified atom stereocenters. The zero-order valence-electron chi connectivity index (χ0n) is 9.81. The first kappa shape index (κ1) is 12.6. The molecule has 0 bridgehead atoms. The first-order valence-electron chi connectivity index (χ1n) is 5.42. The highest BCUT2D eigenvalue weighted by Crippen LogP contribution is 2.16. The normalized spacial score (nSPS) is 9.89. The zero-order chi connectivity index (χ0) is 13.8. The number of rotatable bonds is 4. The first-order valence-corrected chi connectivity index (χ1v) is 5.42. The molecule has 2 rings (SSSR count). The quantitative estimate of drug-likeness (QED) is 0.878. The van der Waals surface area contributed by atoms with Crippen LogP contribution in [0.5, 0.6) is 0 Å². The van der Waals surface area contributed by atoms with Crippen molar-refractivity contribution in [2.75, 3.05) is 5.32 Å². The number of nitrogens with one attached hydrogen (secondary N) is 1. The third-order valence-electron chi connectivity index (χ3n) is 2.47. The topological polar surface area (TPSA) is 92.0 Å². The smallest absolute Gasteiger partial charge is 0.251 e. The van der Waals surface area contributed by atoms with E-state index in [1.165, 1.54) is 12.1 Å². The van der Waals surface area contributed by atoms with Crippen LogP contribution in [0.2, 0.25) is 0 Å². The number of hydrogen-bond donors (Lipinski definition) is 2. The minimum Gasteiger partial charge on any atom is -0.449 e. The van der Waals surface area contributed by atoms with Crippen molar-refractivity contribution in [3.63, 3.8) is 0 Å². The monoisotopic (exact) mass is 259 g/mol. The number of amides is 1. The molecule has 19 heavy (non-hydrogen) atoms. The predicted octanol–water partition coefficient (Wildman–Crippen LogP) is 2.00. The Hall–Kier alpha value is -2.81. The lowest BCUT2D eigenvalue weighted by molar-refractivity contribution is 0.0996. The van der Waals surface area contributed by atoms with E-state index in [4.69, 9.17) is 15.4 Å². The molecule has 0 radical (unpaired) electrons. The van der Waals surface area contributed by atoms with E-state index >= 15 is 0 Å². The van der Waals surface area contributed by atoms with Crippen LogP contribution < -0.4 is 11.1 Å². The maximum atomic E-state index is 13.2. The second kappa shape index (κ2) is 5.23. The van der Waals surface area contributed by atoms with Crippen LogP contribution in [-0.4, -0.2) is 5.91 Å².